The van der Waals surface area contributed by atoms with Gasteiger partial charge in [-0.25, -0.2) is 0 Å². The third kappa shape index (κ3) is 4.50. The van der Waals surface area contributed by atoms with Crippen LogP contribution in [0, 0.1) is 11.8 Å². The lowest BCUT2D eigenvalue weighted by Crippen LogP contribution is -2.43. The second-order valence-electron chi connectivity index (χ2n) is 7.04. The highest BCUT2D eigenvalue weighted by Gasteiger charge is 2.29. The number of carbonyl (C=O) groups excluding carboxylic acids is 1. The average Bonchev–Trinajstić information content (AvgIpc) is 2.67. The Balaban J connectivity index is 1.40. The standard InChI is InChI=1S/C20H29NO3/c1-23-19-6-4-16(5-7-19)2-3-17-8-12-21(13-9-17)20(22)18-10-14-24-15-11-18/h4-7,17-18H,2-3,8-15H2,1H3. The molecule has 1 aromatic carbocycles. The number of aryl methyl sites for hydroxylation is 1. The molecule has 1 amide bonds. The molecule has 0 N–H and O–H groups in total. The van der Waals surface area contributed by atoms with Gasteiger partial charge in [0.1, 0.15) is 5.75 Å². The van der Waals surface area contributed by atoms with Gasteiger partial charge in [-0.2, -0.15) is 0 Å². The maximum absolute atomic E-state index is 12.6. The first-order valence-corrected chi connectivity index (χ1v) is 9.25. The molecule has 1 aromatic rings. The van der Waals surface area contributed by atoms with Crippen molar-refractivity contribution in [2.45, 2.75) is 38.5 Å². The Labute approximate surface area is 145 Å². The van der Waals surface area contributed by atoms with Crippen LogP contribution in [0.25, 0.3) is 0 Å². The van der Waals surface area contributed by atoms with Crippen molar-refractivity contribution >= 4 is 5.91 Å². The molecule has 3 rings (SSSR count). The Hall–Kier alpha value is -1.55. The van der Waals surface area contributed by atoms with Gasteiger partial charge in [0.25, 0.3) is 0 Å². The number of likely N-dealkylation sites (tertiary alicyclic amines) is 1. The summed E-state index contributed by atoms with van der Waals surface area (Å²) in [6.07, 6.45) is 6.41. The van der Waals surface area contributed by atoms with Crippen LogP contribution in [-0.2, 0) is 16.0 Å². The number of methoxy groups -OCH3 is 1. The maximum atomic E-state index is 12.6. The SMILES string of the molecule is COc1ccc(CCC2CCN(C(=O)C3CCOCC3)CC2)cc1. The van der Waals surface area contributed by atoms with Gasteiger partial charge in [-0.05, 0) is 62.1 Å². The summed E-state index contributed by atoms with van der Waals surface area (Å²) < 4.78 is 10.6. The minimum Gasteiger partial charge on any atom is -0.497 e. The van der Waals surface area contributed by atoms with Crippen molar-refractivity contribution in [2.75, 3.05) is 33.4 Å². The zero-order valence-electron chi connectivity index (χ0n) is 14.7. The van der Waals surface area contributed by atoms with E-state index >= 15 is 0 Å². The molecule has 4 heteroatoms. The molecule has 0 spiro atoms. The van der Waals surface area contributed by atoms with Crippen LogP contribution in [0.4, 0.5) is 0 Å². The first-order chi connectivity index (χ1) is 11.8. The molecule has 4 nitrogen and oxygen atoms in total. The summed E-state index contributed by atoms with van der Waals surface area (Å²) in [5, 5.41) is 0. The van der Waals surface area contributed by atoms with Crippen LogP contribution in [0.2, 0.25) is 0 Å². The van der Waals surface area contributed by atoms with E-state index in [1.165, 1.54) is 12.0 Å². The minimum absolute atomic E-state index is 0.203. The molecule has 0 bridgehead atoms. The van der Waals surface area contributed by atoms with E-state index in [1.54, 1.807) is 7.11 Å². The summed E-state index contributed by atoms with van der Waals surface area (Å²) in [6.45, 7) is 3.36. The van der Waals surface area contributed by atoms with E-state index in [0.717, 1.165) is 70.1 Å². The molecule has 0 atom stereocenters. The molecule has 0 radical (unpaired) electrons. The van der Waals surface area contributed by atoms with Crippen LogP contribution in [0.1, 0.15) is 37.7 Å². The summed E-state index contributed by atoms with van der Waals surface area (Å²) in [4.78, 5) is 14.7. The van der Waals surface area contributed by atoms with Gasteiger partial charge in [0.2, 0.25) is 5.91 Å². The van der Waals surface area contributed by atoms with E-state index in [2.05, 4.69) is 17.0 Å². The van der Waals surface area contributed by atoms with Gasteiger partial charge >= 0.3 is 0 Å². The van der Waals surface area contributed by atoms with Crippen molar-refractivity contribution in [3.8, 4) is 5.75 Å². The largest absolute Gasteiger partial charge is 0.497 e. The third-order valence-corrected chi connectivity index (χ3v) is 5.50. The fraction of sp³-hybridized carbons (Fsp3) is 0.650. The summed E-state index contributed by atoms with van der Waals surface area (Å²) in [5.41, 5.74) is 1.37. The predicted octanol–water partition coefficient (Wildman–Crippen LogP) is 3.29. The Kier molecular flexibility index (Phi) is 6.13. The zero-order valence-corrected chi connectivity index (χ0v) is 14.7. The molecular weight excluding hydrogens is 302 g/mol. The van der Waals surface area contributed by atoms with E-state index in [1.807, 2.05) is 12.1 Å². The Morgan fingerprint density at radius 1 is 1.12 bits per heavy atom. The molecule has 0 aliphatic carbocycles. The van der Waals surface area contributed by atoms with Crippen molar-refractivity contribution in [3.63, 3.8) is 0 Å². The Morgan fingerprint density at radius 2 is 1.79 bits per heavy atom. The molecule has 0 aromatic heterocycles. The first kappa shape index (κ1) is 17.3. The van der Waals surface area contributed by atoms with Crippen molar-refractivity contribution < 1.29 is 14.3 Å². The lowest BCUT2D eigenvalue weighted by atomic mass is 9.89. The zero-order chi connectivity index (χ0) is 16.8. The van der Waals surface area contributed by atoms with Crippen molar-refractivity contribution in [2.24, 2.45) is 11.8 Å². The number of rotatable bonds is 5. The molecule has 2 saturated heterocycles. The van der Waals surface area contributed by atoms with E-state index in [0.29, 0.717) is 5.91 Å². The summed E-state index contributed by atoms with van der Waals surface area (Å²) >= 11 is 0. The van der Waals surface area contributed by atoms with Gasteiger partial charge in [0, 0.05) is 32.2 Å². The quantitative estimate of drug-likeness (QED) is 0.831. The summed E-state index contributed by atoms with van der Waals surface area (Å²) in [7, 11) is 1.70. The normalized spacial score (nSPS) is 20.1. The van der Waals surface area contributed by atoms with Gasteiger partial charge in [-0.1, -0.05) is 12.1 Å². The van der Waals surface area contributed by atoms with Crippen LogP contribution in [0.5, 0.6) is 5.75 Å². The Morgan fingerprint density at radius 3 is 2.42 bits per heavy atom. The predicted molar refractivity (Wildman–Crippen MR) is 94.2 cm³/mol. The molecule has 2 heterocycles. The monoisotopic (exact) mass is 331 g/mol. The molecule has 2 aliphatic heterocycles. The van der Waals surface area contributed by atoms with Gasteiger partial charge in [-0.3, -0.25) is 4.79 Å². The highest BCUT2D eigenvalue weighted by atomic mass is 16.5. The van der Waals surface area contributed by atoms with E-state index in [-0.39, 0.29) is 5.92 Å². The number of ether oxygens (including phenoxy) is 2. The maximum Gasteiger partial charge on any atom is 0.225 e. The molecule has 0 saturated carbocycles. The second kappa shape index (κ2) is 8.52. The number of amides is 1. The number of nitrogens with zero attached hydrogens (tertiary/aromatic N) is 1. The third-order valence-electron chi connectivity index (χ3n) is 5.50. The highest BCUT2D eigenvalue weighted by molar-refractivity contribution is 5.79. The summed E-state index contributed by atoms with van der Waals surface area (Å²) in [5.74, 6) is 2.23. The number of hydrogen-bond acceptors (Lipinski definition) is 3. The van der Waals surface area contributed by atoms with E-state index in [9.17, 15) is 4.79 Å². The fourth-order valence-corrected chi connectivity index (χ4v) is 3.81. The lowest BCUT2D eigenvalue weighted by molar-refractivity contribution is -0.140. The van der Waals surface area contributed by atoms with Crippen molar-refractivity contribution in [1.82, 2.24) is 4.90 Å². The highest BCUT2D eigenvalue weighted by Crippen LogP contribution is 2.26. The molecule has 2 fully saturated rings. The lowest BCUT2D eigenvalue weighted by Gasteiger charge is -2.35. The average molecular weight is 331 g/mol. The number of carbonyl (C=O) groups is 1. The number of benzene rings is 1. The second-order valence-corrected chi connectivity index (χ2v) is 7.04. The first-order valence-electron chi connectivity index (χ1n) is 9.25. The number of hydrogen-bond donors (Lipinski definition) is 0. The van der Waals surface area contributed by atoms with Crippen molar-refractivity contribution in [3.05, 3.63) is 29.8 Å². The van der Waals surface area contributed by atoms with Crippen LogP contribution < -0.4 is 4.74 Å². The summed E-state index contributed by atoms with van der Waals surface area (Å²) in [6, 6.07) is 8.38. The van der Waals surface area contributed by atoms with Gasteiger partial charge in [0.05, 0.1) is 7.11 Å². The van der Waals surface area contributed by atoms with Gasteiger partial charge in [-0.15, -0.1) is 0 Å². The molecular formula is C20H29NO3. The van der Waals surface area contributed by atoms with Crippen LogP contribution in [0.3, 0.4) is 0 Å². The van der Waals surface area contributed by atoms with Gasteiger partial charge < -0.3 is 14.4 Å². The van der Waals surface area contributed by atoms with Crippen molar-refractivity contribution in [1.29, 1.82) is 0 Å². The molecule has 0 unspecified atom stereocenters. The van der Waals surface area contributed by atoms with Crippen LogP contribution in [0.15, 0.2) is 24.3 Å². The van der Waals surface area contributed by atoms with E-state index in [4.69, 9.17) is 9.47 Å². The van der Waals surface area contributed by atoms with E-state index < -0.39 is 0 Å². The minimum atomic E-state index is 0.203. The van der Waals surface area contributed by atoms with Crippen LogP contribution >= 0.6 is 0 Å². The number of piperidine rings is 1. The topological polar surface area (TPSA) is 38.8 Å². The molecule has 2 aliphatic rings. The smallest absolute Gasteiger partial charge is 0.225 e. The van der Waals surface area contributed by atoms with Gasteiger partial charge in [0.15, 0.2) is 0 Å². The Bertz CT molecular complexity index is 514. The molecule has 24 heavy (non-hydrogen) atoms. The fourth-order valence-electron chi connectivity index (χ4n) is 3.81. The molecule has 132 valence electrons. The van der Waals surface area contributed by atoms with Crippen LogP contribution in [-0.4, -0.2) is 44.2 Å².